The smallest absolute Gasteiger partial charge is 0.246 e. The van der Waals surface area contributed by atoms with E-state index in [9.17, 15) is 9.59 Å². The molecule has 0 saturated heterocycles. The van der Waals surface area contributed by atoms with E-state index in [0.717, 1.165) is 28.2 Å². The number of para-hydroxylation sites is 2. The van der Waals surface area contributed by atoms with E-state index in [1.165, 1.54) is 4.90 Å². The van der Waals surface area contributed by atoms with Gasteiger partial charge in [0.05, 0.1) is 17.9 Å². The Morgan fingerprint density at radius 1 is 1.22 bits per heavy atom. The van der Waals surface area contributed by atoms with Crippen LogP contribution in [0.4, 0.5) is 17.1 Å². The SMILES string of the molecule is Cc1ccc(NC(=O)CN2C(=O)CNc3ccccc32)c(C)c1. The summed E-state index contributed by atoms with van der Waals surface area (Å²) in [5.74, 6) is -0.318. The second kappa shape index (κ2) is 6.12. The van der Waals surface area contributed by atoms with Crippen LogP contribution >= 0.6 is 0 Å². The number of rotatable bonds is 3. The number of hydrogen-bond acceptors (Lipinski definition) is 3. The first-order chi connectivity index (χ1) is 11.0. The van der Waals surface area contributed by atoms with Crippen molar-refractivity contribution in [1.82, 2.24) is 0 Å². The number of fused-ring (bicyclic) bond motifs is 1. The second-order valence-corrected chi connectivity index (χ2v) is 5.72. The molecule has 0 unspecified atom stereocenters. The molecule has 2 N–H and O–H groups in total. The van der Waals surface area contributed by atoms with Crippen LogP contribution in [0.5, 0.6) is 0 Å². The zero-order chi connectivity index (χ0) is 16.4. The zero-order valence-electron chi connectivity index (χ0n) is 13.2. The molecule has 118 valence electrons. The van der Waals surface area contributed by atoms with E-state index < -0.39 is 0 Å². The largest absolute Gasteiger partial charge is 0.374 e. The molecule has 5 nitrogen and oxygen atoms in total. The van der Waals surface area contributed by atoms with Crippen molar-refractivity contribution < 1.29 is 9.59 Å². The Morgan fingerprint density at radius 2 is 2.00 bits per heavy atom. The molecule has 2 aromatic carbocycles. The molecule has 1 aliphatic rings. The van der Waals surface area contributed by atoms with Crippen LogP contribution in [0.3, 0.4) is 0 Å². The fraction of sp³-hybridized carbons (Fsp3) is 0.222. The molecule has 0 saturated carbocycles. The van der Waals surface area contributed by atoms with Crippen LogP contribution in [0.2, 0.25) is 0 Å². The molecule has 0 spiro atoms. The number of anilines is 3. The number of carbonyl (C=O) groups is 2. The third-order valence-corrected chi connectivity index (χ3v) is 3.88. The van der Waals surface area contributed by atoms with Gasteiger partial charge < -0.3 is 10.6 Å². The first-order valence-corrected chi connectivity index (χ1v) is 7.55. The number of benzene rings is 2. The quantitative estimate of drug-likeness (QED) is 0.916. The highest BCUT2D eigenvalue weighted by atomic mass is 16.2. The van der Waals surface area contributed by atoms with Crippen LogP contribution in [0.25, 0.3) is 0 Å². The minimum atomic E-state index is -0.206. The van der Waals surface area contributed by atoms with Crippen molar-refractivity contribution in [3.05, 3.63) is 53.6 Å². The van der Waals surface area contributed by atoms with Crippen molar-refractivity contribution in [1.29, 1.82) is 0 Å². The summed E-state index contributed by atoms with van der Waals surface area (Å²) in [4.78, 5) is 26.0. The molecule has 1 heterocycles. The molecular formula is C18H19N3O2. The van der Waals surface area contributed by atoms with Gasteiger partial charge in [0.1, 0.15) is 6.54 Å². The van der Waals surface area contributed by atoms with Crippen LogP contribution in [0.1, 0.15) is 11.1 Å². The number of nitrogens with zero attached hydrogens (tertiary/aromatic N) is 1. The van der Waals surface area contributed by atoms with Gasteiger partial charge in [-0.1, -0.05) is 29.8 Å². The summed E-state index contributed by atoms with van der Waals surface area (Å²) in [5.41, 5.74) is 4.53. The van der Waals surface area contributed by atoms with E-state index in [-0.39, 0.29) is 24.9 Å². The predicted octanol–water partition coefficient (Wildman–Crippen LogP) is 2.70. The van der Waals surface area contributed by atoms with E-state index in [2.05, 4.69) is 10.6 Å². The van der Waals surface area contributed by atoms with E-state index in [0.29, 0.717) is 0 Å². The van der Waals surface area contributed by atoms with Gasteiger partial charge in [0, 0.05) is 5.69 Å². The number of aryl methyl sites for hydroxylation is 2. The van der Waals surface area contributed by atoms with Crippen molar-refractivity contribution in [3.8, 4) is 0 Å². The average Bonchev–Trinajstić information content (AvgIpc) is 2.53. The van der Waals surface area contributed by atoms with Gasteiger partial charge in [-0.05, 0) is 37.6 Å². The molecule has 0 atom stereocenters. The third-order valence-electron chi connectivity index (χ3n) is 3.88. The maximum atomic E-state index is 12.3. The average molecular weight is 309 g/mol. The van der Waals surface area contributed by atoms with Crippen molar-refractivity contribution in [2.45, 2.75) is 13.8 Å². The number of amides is 2. The van der Waals surface area contributed by atoms with Gasteiger partial charge in [-0.2, -0.15) is 0 Å². The van der Waals surface area contributed by atoms with Crippen molar-refractivity contribution in [2.75, 3.05) is 28.6 Å². The molecule has 0 bridgehead atoms. The maximum Gasteiger partial charge on any atom is 0.246 e. The third kappa shape index (κ3) is 3.18. The summed E-state index contributed by atoms with van der Waals surface area (Å²) in [6, 6.07) is 13.3. The summed E-state index contributed by atoms with van der Waals surface area (Å²) in [6.45, 7) is 4.17. The molecule has 5 heteroatoms. The van der Waals surface area contributed by atoms with E-state index in [4.69, 9.17) is 0 Å². The summed E-state index contributed by atoms with van der Waals surface area (Å²) < 4.78 is 0. The Kier molecular flexibility index (Phi) is 4.02. The van der Waals surface area contributed by atoms with Gasteiger partial charge in [0.15, 0.2) is 0 Å². The lowest BCUT2D eigenvalue weighted by atomic mass is 10.1. The van der Waals surface area contributed by atoms with Gasteiger partial charge in [-0.3, -0.25) is 14.5 Å². The summed E-state index contributed by atoms with van der Waals surface area (Å²) in [7, 11) is 0. The highest BCUT2D eigenvalue weighted by Crippen LogP contribution is 2.28. The van der Waals surface area contributed by atoms with Crippen LogP contribution in [-0.2, 0) is 9.59 Å². The molecule has 2 amide bonds. The van der Waals surface area contributed by atoms with Gasteiger partial charge in [0.25, 0.3) is 0 Å². The molecule has 23 heavy (non-hydrogen) atoms. The zero-order valence-corrected chi connectivity index (χ0v) is 13.2. The lowest BCUT2D eigenvalue weighted by Crippen LogP contribution is -2.44. The molecule has 0 radical (unpaired) electrons. The van der Waals surface area contributed by atoms with Gasteiger partial charge >= 0.3 is 0 Å². The number of hydrogen-bond donors (Lipinski definition) is 2. The number of carbonyl (C=O) groups excluding carboxylic acids is 2. The first-order valence-electron chi connectivity index (χ1n) is 7.55. The standard InChI is InChI=1S/C18H19N3O2/c1-12-7-8-14(13(2)9-12)20-17(22)11-21-16-6-4-3-5-15(16)19-10-18(21)23/h3-9,19H,10-11H2,1-2H3,(H,20,22). The molecule has 3 rings (SSSR count). The molecule has 0 aliphatic carbocycles. The van der Waals surface area contributed by atoms with Crippen LogP contribution < -0.4 is 15.5 Å². The second-order valence-electron chi connectivity index (χ2n) is 5.72. The molecular weight excluding hydrogens is 290 g/mol. The summed E-state index contributed by atoms with van der Waals surface area (Å²) >= 11 is 0. The maximum absolute atomic E-state index is 12.3. The molecule has 1 aliphatic heterocycles. The lowest BCUT2D eigenvalue weighted by molar-refractivity contribution is -0.120. The lowest BCUT2D eigenvalue weighted by Gasteiger charge is -2.29. The highest BCUT2D eigenvalue weighted by molar-refractivity contribution is 6.07. The van der Waals surface area contributed by atoms with Gasteiger partial charge in [-0.15, -0.1) is 0 Å². The Labute approximate surface area is 135 Å². The highest BCUT2D eigenvalue weighted by Gasteiger charge is 2.25. The van der Waals surface area contributed by atoms with Gasteiger partial charge in [-0.25, -0.2) is 0 Å². The fourth-order valence-corrected chi connectivity index (χ4v) is 2.72. The Hall–Kier alpha value is -2.82. The Bertz CT molecular complexity index is 771. The van der Waals surface area contributed by atoms with Gasteiger partial charge in [0.2, 0.25) is 11.8 Å². The van der Waals surface area contributed by atoms with E-state index in [1.807, 2.05) is 56.3 Å². The molecule has 0 fully saturated rings. The van der Waals surface area contributed by atoms with Crippen LogP contribution in [-0.4, -0.2) is 24.9 Å². The first kappa shape index (κ1) is 15.1. The number of nitrogens with one attached hydrogen (secondary N) is 2. The molecule has 2 aromatic rings. The van der Waals surface area contributed by atoms with E-state index in [1.54, 1.807) is 0 Å². The Balaban J connectivity index is 1.76. The van der Waals surface area contributed by atoms with Crippen LogP contribution in [0, 0.1) is 13.8 Å². The Morgan fingerprint density at radius 3 is 2.78 bits per heavy atom. The van der Waals surface area contributed by atoms with Crippen LogP contribution in [0.15, 0.2) is 42.5 Å². The fourth-order valence-electron chi connectivity index (χ4n) is 2.72. The van der Waals surface area contributed by atoms with E-state index >= 15 is 0 Å². The summed E-state index contributed by atoms with van der Waals surface area (Å²) in [6.07, 6.45) is 0. The van der Waals surface area contributed by atoms with Crippen molar-refractivity contribution in [3.63, 3.8) is 0 Å². The minimum Gasteiger partial charge on any atom is -0.374 e. The topological polar surface area (TPSA) is 61.4 Å². The summed E-state index contributed by atoms with van der Waals surface area (Å²) in [5, 5.41) is 5.94. The predicted molar refractivity (Wildman–Crippen MR) is 91.8 cm³/mol. The van der Waals surface area contributed by atoms with Crippen molar-refractivity contribution in [2.24, 2.45) is 0 Å². The normalized spacial score (nSPS) is 13.3. The molecule has 0 aromatic heterocycles. The minimum absolute atomic E-state index is 0.00480. The van der Waals surface area contributed by atoms with Crippen molar-refractivity contribution >= 4 is 28.9 Å². The monoisotopic (exact) mass is 309 g/mol.